The summed E-state index contributed by atoms with van der Waals surface area (Å²) in [6.07, 6.45) is 0. The summed E-state index contributed by atoms with van der Waals surface area (Å²) in [5.74, 6) is 0. The van der Waals surface area contributed by atoms with Crippen LogP contribution in [0.3, 0.4) is 0 Å². The van der Waals surface area contributed by atoms with E-state index in [1.54, 1.807) is 0 Å². The molecule has 29 heavy (non-hydrogen) atoms. The normalized spacial score (nSPS) is 9.10. The van der Waals surface area contributed by atoms with E-state index in [0.29, 0.717) is 0 Å². The fourth-order valence-corrected chi connectivity index (χ4v) is 4.89. The SMILES string of the molecule is C[Si-](C)c1ccccc1.C[Si](C)c1ccccc1.C[Si](C)c1ccccc1.[Li+].[Zn]. The minimum absolute atomic E-state index is 0. The molecule has 0 aliphatic carbocycles. The van der Waals surface area contributed by atoms with Gasteiger partial charge < -0.3 is 0 Å². The molecule has 3 aromatic rings. The number of hydrogen-bond acceptors (Lipinski definition) is 0. The van der Waals surface area contributed by atoms with Gasteiger partial charge in [-0.15, -0.1) is 0 Å². The van der Waals surface area contributed by atoms with Gasteiger partial charge in [-0.3, -0.25) is 8.80 Å². The monoisotopic (exact) mass is 476 g/mol. The molecule has 0 aromatic heterocycles. The van der Waals surface area contributed by atoms with Gasteiger partial charge >= 0.3 is 18.9 Å². The van der Waals surface area contributed by atoms with E-state index in [0.717, 1.165) is 0 Å². The first-order valence-electron chi connectivity index (χ1n) is 9.48. The Morgan fingerprint density at radius 2 is 0.793 bits per heavy atom. The minimum atomic E-state index is -0.212. The predicted octanol–water partition coefficient (Wildman–Crippen LogP) is 1.95. The van der Waals surface area contributed by atoms with Crippen LogP contribution in [-0.4, -0.2) is 26.4 Å². The second-order valence-electron chi connectivity index (χ2n) is 7.10. The zero-order valence-corrected chi connectivity index (χ0v) is 25.3. The molecule has 3 aromatic carbocycles. The summed E-state index contributed by atoms with van der Waals surface area (Å²) in [4.78, 5) is 0. The van der Waals surface area contributed by atoms with Gasteiger partial charge in [-0.2, -0.15) is 18.3 Å². The van der Waals surface area contributed by atoms with E-state index in [-0.39, 0.29) is 64.7 Å². The molecule has 0 saturated carbocycles. The van der Waals surface area contributed by atoms with Gasteiger partial charge in [-0.05, 0) is 0 Å². The summed E-state index contributed by atoms with van der Waals surface area (Å²) >= 11 is 0. The Labute approximate surface area is 209 Å². The van der Waals surface area contributed by atoms with Crippen LogP contribution in [-0.2, 0) is 19.5 Å². The zero-order chi connectivity index (χ0) is 20.1. The third-order valence-electron chi connectivity index (χ3n) is 4.05. The first-order chi connectivity index (χ1) is 12.9. The van der Waals surface area contributed by atoms with E-state index in [9.17, 15) is 0 Å². The summed E-state index contributed by atoms with van der Waals surface area (Å²) in [6.45, 7) is 13.8. The van der Waals surface area contributed by atoms with Gasteiger partial charge in [0, 0.05) is 19.5 Å². The molecule has 0 saturated heterocycles. The van der Waals surface area contributed by atoms with Crippen molar-refractivity contribution in [2.24, 2.45) is 0 Å². The summed E-state index contributed by atoms with van der Waals surface area (Å²) in [6, 6.07) is 32.0. The molecule has 0 bridgehead atoms. The largest absolute Gasteiger partial charge is 1.00 e. The zero-order valence-electron chi connectivity index (χ0n) is 19.4. The van der Waals surface area contributed by atoms with Crippen LogP contribution in [0.15, 0.2) is 91.0 Å². The maximum Gasteiger partial charge on any atom is 1.00 e. The Balaban J connectivity index is 0. The average Bonchev–Trinajstić information content (AvgIpc) is 2.71. The molecule has 0 fully saturated rings. The Hall–Kier alpha value is -0.469. The van der Waals surface area contributed by atoms with E-state index in [4.69, 9.17) is 0 Å². The molecular weight excluding hydrogens is 445 g/mol. The van der Waals surface area contributed by atoms with Crippen molar-refractivity contribution in [2.75, 3.05) is 0 Å². The smallest absolute Gasteiger partial charge is 0.292 e. The Bertz CT molecular complexity index is 617. The fraction of sp³-hybridized carbons (Fsp3) is 0.250. The molecule has 0 aliphatic rings. The van der Waals surface area contributed by atoms with Crippen molar-refractivity contribution in [2.45, 2.75) is 39.3 Å². The van der Waals surface area contributed by atoms with Gasteiger partial charge in [0.2, 0.25) is 0 Å². The molecule has 0 atom stereocenters. The first kappa shape index (κ1) is 30.7. The van der Waals surface area contributed by atoms with Crippen LogP contribution in [0.4, 0.5) is 0 Å². The maximum absolute atomic E-state index is 2.31. The van der Waals surface area contributed by atoms with E-state index >= 15 is 0 Å². The van der Waals surface area contributed by atoms with Crippen LogP contribution in [0.2, 0.25) is 39.3 Å². The third kappa shape index (κ3) is 14.2. The molecule has 144 valence electrons. The van der Waals surface area contributed by atoms with E-state index in [1.807, 2.05) is 0 Å². The van der Waals surface area contributed by atoms with Crippen molar-refractivity contribution in [1.29, 1.82) is 0 Å². The molecule has 0 unspecified atom stereocenters. The fourth-order valence-electron chi connectivity index (χ4n) is 2.31. The molecule has 0 N–H and O–H groups in total. The van der Waals surface area contributed by atoms with Gasteiger partial charge in [0.15, 0.2) is 0 Å². The number of benzene rings is 3. The van der Waals surface area contributed by atoms with E-state index < -0.39 is 0 Å². The molecule has 0 heterocycles. The molecule has 0 aliphatic heterocycles. The third-order valence-corrected chi connectivity index (χ3v) is 8.52. The molecule has 3 rings (SSSR count). The molecule has 0 nitrogen and oxygen atoms in total. The van der Waals surface area contributed by atoms with Crippen molar-refractivity contribution < 1.29 is 38.3 Å². The van der Waals surface area contributed by atoms with E-state index in [2.05, 4.69) is 130 Å². The predicted molar refractivity (Wildman–Crippen MR) is 131 cm³/mol. The molecule has 2 radical (unpaired) electrons. The van der Waals surface area contributed by atoms with Gasteiger partial charge in [-0.1, -0.05) is 128 Å². The van der Waals surface area contributed by atoms with Crippen LogP contribution in [0.5, 0.6) is 0 Å². The molecule has 0 amide bonds. The summed E-state index contributed by atoms with van der Waals surface area (Å²) in [7, 11) is -0.637. The van der Waals surface area contributed by atoms with Crippen LogP contribution >= 0.6 is 0 Å². The number of rotatable bonds is 3. The van der Waals surface area contributed by atoms with Gasteiger partial charge in [-0.25, -0.2) is 0 Å². The van der Waals surface area contributed by atoms with Crippen molar-refractivity contribution in [3.63, 3.8) is 0 Å². The topological polar surface area (TPSA) is 0 Å². The van der Waals surface area contributed by atoms with Crippen molar-refractivity contribution in [3.05, 3.63) is 91.0 Å². The Kier molecular flexibility index (Phi) is 19.4. The Morgan fingerprint density at radius 3 is 0.966 bits per heavy atom. The van der Waals surface area contributed by atoms with Crippen LogP contribution < -0.4 is 34.4 Å². The van der Waals surface area contributed by atoms with Gasteiger partial charge in [0.05, 0.1) is 17.6 Å². The van der Waals surface area contributed by atoms with Gasteiger partial charge in [0.25, 0.3) is 0 Å². The molecule has 0 spiro atoms. The average molecular weight is 478 g/mol. The summed E-state index contributed by atoms with van der Waals surface area (Å²) in [5.41, 5.74) is 0. The van der Waals surface area contributed by atoms with Crippen molar-refractivity contribution >= 4 is 42.0 Å². The second kappa shape index (κ2) is 18.3. The quantitative estimate of drug-likeness (QED) is 0.506. The van der Waals surface area contributed by atoms with Crippen LogP contribution in [0.1, 0.15) is 0 Å². The van der Waals surface area contributed by atoms with Crippen LogP contribution in [0, 0.1) is 0 Å². The maximum atomic E-state index is 2.31. The van der Waals surface area contributed by atoms with Gasteiger partial charge in [0.1, 0.15) is 0 Å². The van der Waals surface area contributed by atoms with E-state index in [1.165, 1.54) is 15.6 Å². The Morgan fingerprint density at radius 1 is 0.517 bits per heavy atom. The standard InChI is InChI=1S/3C8H11Si.Li.Zn/c3*1-9(2)8-6-4-3-5-7-8;;/h3*3-7H,1-2H3;;/q;;-1;+1;. The molecular formula is C24H33LiSi3Zn. The van der Waals surface area contributed by atoms with Crippen molar-refractivity contribution in [1.82, 2.24) is 0 Å². The van der Waals surface area contributed by atoms with Crippen molar-refractivity contribution in [3.8, 4) is 0 Å². The first-order valence-corrected chi connectivity index (χ1v) is 17.0. The second-order valence-corrected chi connectivity index (χ2v) is 14.8. The number of hydrogen-bond donors (Lipinski definition) is 0. The summed E-state index contributed by atoms with van der Waals surface area (Å²) < 4.78 is 0. The summed E-state index contributed by atoms with van der Waals surface area (Å²) in [5, 5.41) is 4.55. The minimum Gasteiger partial charge on any atom is -0.292 e. The van der Waals surface area contributed by atoms with Crippen LogP contribution in [0.25, 0.3) is 0 Å². The molecule has 5 heteroatoms.